The van der Waals surface area contributed by atoms with Gasteiger partial charge in [0.25, 0.3) is 5.91 Å². The van der Waals surface area contributed by atoms with Crippen LogP contribution in [0.4, 0.5) is 13.2 Å². The number of benzene rings is 2. The Balaban J connectivity index is 1.93. The van der Waals surface area contributed by atoms with Gasteiger partial charge in [-0.3, -0.25) is 14.4 Å². The van der Waals surface area contributed by atoms with Gasteiger partial charge in [0.15, 0.2) is 0 Å². The molecule has 0 fully saturated rings. The summed E-state index contributed by atoms with van der Waals surface area (Å²) in [6, 6.07) is 9.31. The largest absolute Gasteiger partial charge is 0.416 e. The Bertz CT molecular complexity index is 1070. The van der Waals surface area contributed by atoms with Gasteiger partial charge in [-0.05, 0) is 63.6 Å². The number of hydrogen-bond donors (Lipinski definition) is 3. The van der Waals surface area contributed by atoms with Crippen molar-refractivity contribution in [3.8, 4) is 0 Å². The molecule has 0 spiro atoms. The zero-order chi connectivity index (χ0) is 26.9. The first kappa shape index (κ1) is 28.8. The number of carbonyl (C=O) groups is 3. The van der Waals surface area contributed by atoms with E-state index >= 15 is 0 Å². The SMILES string of the molecule is CCNC(=O)C(CCN(C)Cc1ccc(C)cc1C)NC(=O)CNC(=O)c1cccc(C(F)(F)F)c1. The highest BCUT2D eigenvalue weighted by Gasteiger charge is 2.31. The average molecular weight is 507 g/mol. The normalized spacial score (nSPS) is 12.2. The molecule has 0 bridgehead atoms. The number of aryl methyl sites for hydroxylation is 2. The number of alkyl halides is 3. The van der Waals surface area contributed by atoms with Gasteiger partial charge in [0.05, 0.1) is 12.1 Å². The summed E-state index contributed by atoms with van der Waals surface area (Å²) >= 11 is 0. The predicted molar refractivity (Wildman–Crippen MR) is 131 cm³/mol. The molecule has 0 saturated heterocycles. The zero-order valence-electron chi connectivity index (χ0n) is 21.0. The second kappa shape index (κ2) is 13.1. The third kappa shape index (κ3) is 8.99. The lowest BCUT2D eigenvalue weighted by atomic mass is 10.1. The standard InChI is InChI=1S/C26H33F3N4O3/c1-5-30-25(36)22(11-12-33(4)16-20-10-9-17(2)13-18(20)3)32-23(34)15-31-24(35)19-7-6-8-21(14-19)26(27,28)29/h6-10,13-14,22H,5,11-12,15-16H2,1-4H3,(H,30,36)(H,31,35)(H,32,34). The van der Waals surface area contributed by atoms with Crippen molar-refractivity contribution >= 4 is 17.7 Å². The Morgan fingerprint density at radius 1 is 1.03 bits per heavy atom. The molecule has 0 aliphatic rings. The highest BCUT2D eigenvalue weighted by atomic mass is 19.4. The minimum atomic E-state index is -4.58. The maximum Gasteiger partial charge on any atom is 0.416 e. The predicted octanol–water partition coefficient (Wildman–Crippen LogP) is 3.20. The molecule has 1 atom stereocenters. The fourth-order valence-electron chi connectivity index (χ4n) is 3.65. The Kier molecular flexibility index (Phi) is 10.5. The third-order valence-electron chi connectivity index (χ3n) is 5.60. The molecule has 2 aromatic rings. The van der Waals surface area contributed by atoms with Crippen LogP contribution < -0.4 is 16.0 Å². The minimum Gasteiger partial charge on any atom is -0.355 e. The van der Waals surface area contributed by atoms with Crippen LogP contribution in [-0.4, -0.2) is 55.3 Å². The minimum absolute atomic E-state index is 0.217. The molecule has 0 heterocycles. The molecule has 0 radical (unpaired) electrons. The number of carbonyl (C=O) groups excluding carboxylic acids is 3. The number of halogens is 3. The lowest BCUT2D eigenvalue weighted by Gasteiger charge is -2.23. The Morgan fingerprint density at radius 2 is 1.75 bits per heavy atom. The van der Waals surface area contributed by atoms with Crippen molar-refractivity contribution in [2.75, 3.05) is 26.7 Å². The molecule has 196 valence electrons. The van der Waals surface area contributed by atoms with Gasteiger partial charge in [0.1, 0.15) is 6.04 Å². The summed E-state index contributed by atoms with van der Waals surface area (Å²) in [5, 5.41) is 7.60. The summed E-state index contributed by atoms with van der Waals surface area (Å²) in [4.78, 5) is 39.2. The molecule has 0 saturated carbocycles. The Labute approximate surface area is 209 Å². The van der Waals surface area contributed by atoms with Crippen molar-refractivity contribution in [3.05, 3.63) is 70.3 Å². The van der Waals surface area contributed by atoms with E-state index in [0.29, 0.717) is 26.1 Å². The first-order valence-corrected chi connectivity index (χ1v) is 11.7. The zero-order valence-corrected chi connectivity index (χ0v) is 21.0. The van der Waals surface area contributed by atoms with Crippen LogP contribution >= 0.6 is 0 Å². The number of likely N-dealkylation sites (N-methyl/N-ethyl adjacent to an activating group) is 1. The maximum atomic E-state index is 12.9. The van der Waals surface area contributed by atoms with Crippen LogP contribution in [0.2, 0.25) is 0 Å². The smallest absolute Gasteiger partial charge is 0.355 e. The summed E-state index contributed by atoms with van der Waals surface area (Å²) in [6.45, 7) is 6.93. The lowest BCUT2D eigenvalue weighted by Crippen LogP contribution is -2.50. The molecule has 2 aromatic carbocycles. The fourth-order valence-corrected chi connectivity index (χ4v) is 3.65. The fraction of sp³-hybridized carbons (Fsp3) is 0.423. The van der Waals surface area contributed by atoms with E-state index in [1.807, 2.05) is 31.9 Å². The Hall–Kier alpha value is -3.40. The van der Waals surface area contributed by atoms with E-state index in [2.05, 4.69) is 28.1 Å². The number of amides is 3. The quantitative estimate of drug-likeness (QED) is 0.437. The molecule has 3 N–H and O–H groups in total. The van der Waals surface area contributed by atoms with Crippen molar-refractivity contribution in [1.82, 2.24) is 20.9 Å². The van der Waals surface area contributed by atoms with Crippen LogP contribution in [0.5, 0.6) is 0 Å². The van der Waals surface area contributed by atoms with Crippen LogP contribution in [0.3, 0.4) is 0 Å². The molecule has 7 nitrogen and oxygen atoms in total. The molecular weight excluding hydrogens is 473 g/mol. The molecule has 36 heavy (non-hydrogen) atoms. The van der Waals surface area contributed by atoms with Crippen LogP contribution in [0, 0.1) is 13.8 Å². The molecule has 0 aliphatic carbocycles. The third-order valence-corrected chi connectivity index (χ3v) is 5.60. The second-order valence-corrected chi connectivity index (χ2v) is 8.73. The molecule has 0 aliphatic heterocycles. The van der Waals surface area contributed by atoms with Gasteiger partial charge in [-0.2, -0.15) is 13.2 Å². The highest BCUT2D eigenvalue weighted by Crippen LogP contribution is 2.29. The summed E-state index contributed by atoms with van der Waals surface area (Å²) < 4.78 is 38.6. The number of hydrogen-bond acceptors (Lipinski definition) is 4. The van der Waals surface area contributed by atoms with Gasteiger partial charge >= 0.3 is 6.18 Å². The highest BCUT2D eigenvalue weighted by molar-refractivity contribution is 5.97. The average Bonchev–Trinajstić information content (AvgIpc) is 2.81. The summed E-state index contributed by atoms with van der Waals surface area (Å²) in [7, 11) is 1.92. The van der Waals surface area contributed by atoms with E-state index in [4.69, 9.17) is 0 Å². The van der Waals surface area contributed by atoms with E-state index in [-0.39, 0.29) is 11.5 Å². The van der Waals surface area contributed by atoms with E-state index in [1.54, 1.807) is 6.92 Å². The van der Waals surface area contributed by atoms with Gasteiger partial charge < -0.3 is 20.9 Å². The van der Waals surface area contributed by atoms with Crippen molar-refractivity contribution in [3.63, 3.8) is 0 Å². The van der Waals surface area contributed by atoms with Crippen molar-refractivity contribution in [2.45, 2.75) is 46.0 Å². The van der Waals surface area contributed by atoms with Gasteiger partial charge in [0.2, 0.25) is 11.8 Å². The van der Waals surface area contributed by atoms with Crippen molar-refractivity contribution < 1.29 is 27.6 Å². The number of nitrogens with zero attached hydrogens (tertiary/aromatic N) is 1. The van der Waals surface area contributed by atoms with Crippen LogP contribution in [0.15, 0.2) is 42.5 Å². The van der Waals surface area contributed by atoms with Crippen molar-refractivity contribution in [2.24, 2.45) is 0 Å². The molecule has 10 heteroatoms. The molecule has 1 unspecified atom stereocenters. The molecule has 3 amide bonds. The number of rotatable bonds is 11. The van der Waals surface area contributed by atoms with E-state index < -0.39 is 36.1 Å². The molecular formula is C26H33F3N4O3. The van der Waals surface area contributed by atoms with Crippen molar-refractivity contribution in [1.29, 1.82) is 0 Å². The van der Waals surface area contributed by atoms with Crippen LogP contribution in [0.25, 0.3) is 0 Å². The van der Waals surface area contributed by atoms with Gasteiger partial charge in [-0.1, -0.05) is 29.8 Å². The summed E-state index contributed by atoms with van der Waals surface area (Å²) in [5.74, 6) is -1.79. The summed E-state index contributed by atoms with van der Waals surface area (Å²) in [6.07, 6.45) is -4.25. The number of nitrogens with one attached hydrogen (secondary N) is 3. The van der Waals surface area contributed by atoms with E-state index in [0.717, 1.165) is 18.2 Å². The maximum absolute atomic E-state index is 12.9. The van der Waals surface area contributed by atoms with Crippen LogP contribution in [-0.2, 0) is 22.3 Å². The Morgan fingerprint density at radius 3 is 2.39 bits per heavy atom. The first-order valence-electron chi connectivity index (χ1n) is 11.7. The van der Waals surface area contributed by atoms with Crippen LogP contribution in [0.1, 0.15) is 46.0 Å². The van der Waals surface area contributed by atoms with Gasteiger partial charge in [0, 0.05) is 25.2 Å². The monoisotopic (exact) mass is 506 g/mol. The van der Waals surface area contributed by atoms with Gasteiger partial charge in [-0.25, -0.2) is 0 Å². The van der Waals surface area contributed by atoms with E-state index in [1.165, 1.54) is 22.8 Å². The second-order valence-electron chi connectivity index (χ2n) is 8.73. The first-order chi connectivity index (χ1) is 16.9. The van der Waals surface area contributed by atoms with Gasteiger partial charge in [-0.15, -0.1) is 0 Å². The molecule has 0 aromatic heterocycles. The molecule has 2 rings (SSSR count). The topological polar surface area (TPSA) is 90.5 Å². The summed E-state index contributed by atoms with van der Waals surface area (Å²) in [5.41, 5.74) is 2.34. The lowest BCUT2D eigenvalue weighted by molar-refractivity contribution is -0.137. The van der Waals surface area contributed by atoms with E-state index in [9.17, 15) is 27.6 Å².